The zero-order chi connectivity index (χ0) is 15.2. The minimum atomic E-state index is -0.335. The third-order valence-electron chi connectivity index (χ3n) is 2.58. The zero-order valence-corrected chi connectivity index (χ0v) is 11.2. The lowest BCUT2D eigenvalue weighted by molar-refractivity contribution is -0.116. The van der Waals surface area contributed by atoms with Gasteiger partial charge in [-0.15, -0.1) is 5.10 Å². The molecule has 106 valence electrons. The van der Waals surface area contributed by atoms with Gasteiger partial charge in [-0.2, -0.15) is 5.26 Å². The van der Waals surface area contributed by atoms with Crippen LogP contribution in [0.2, 0.25) is 0 Å². The van der Waals surface area contributed by atoms with E-state index in [9.17, 15) is 9.59 Å². The van der Waals surface area contributed by atoms with Gasteiger partial charge < -0.3 is 10.6 Å². The molecule has 0 bridgehead atoms. The van der Waals surface area contributed by atoms with Gasteiger partial charge in [0.2, 0.25) is 5.91 Å². The number of benzene rings is 1. The van der Waals surface area contributed by atoms with Crippen molar-refractivity contribution in [3.8, 4) is 6.07 Å². The fraction of sp³-hybridized carbons (Fsp3) is 0.154. The second-order valence-electron chi connectivity index (χ2n) is 4.09. The van der Waals surface area contributed by atoms with Crippen LogP contribution in [-0.2, 0) is 11.3 Å². The summed E-state index contributed by atoms with van der Waals surface area (Å²) in [5, 5.41) is 17.5. The Kier molecular flexibility index (Phi) is 4.26. The lowest BCUT2D eigenvalue weighted by Crippen LogP contribution is -2.20. The molecule has 8 heteroatoms. The number of nitriles is 1. The van der Waals surface area contributed by atoms with E-state index in [1.165, 1.54) is 18.1 Å². The Morgan fingerprint density at radius 3 is 2.90 bits per heavy atom. The van der Waals surface area contributed by atoms with Crippen LogP contribution in [0.15, 0.2) is 30.6 Å². The zero-order valence-electron chi connectivity index (χ0n) is 11.2. The van der Waals surface area contributed by atoms with E-state index < -0.39 is 0 Å². The molecule has 0 spiro atoms. The average molecular weight is 284 g/mol. The fourth-order valence-corrected chi connectivity index (χ4v) is 1.65. The molecule has 0 aliphatic heterocycles. The van der Waals surface area contributed by atoms with Crippen LogP contribution in [0.1, 0.15) is 16.2 Å². The molecule has 2 aromatic rings. The van der Waals surface area contributed by atoms with E-state index in [0.29, 0.717) is 11.3 Å². The molecule has 0 atom stereocenters. The number of amides is 2. The molecule has 8 nitrogen and oxygen atoms in total. The summed E-state index contributed by atoms with van der Waals surface area (Å²) in [6.45, 7) is -0.0706. The maximum absolute atomic E-state index is 11.8. The fourth-order valence-electron chi connectivity index (χ4n) is 1.65. The minimum absolute atomic E-state index is 0.00409. The highest BCUT2D eigenvalue weighted by Crippen LogP contribution is 2.10. The van der Waals surface area contributed by atoms with E-state index in [0.717, 1.165) is 0 Å². The molecule has 2 amide bonds. The molecule has 2 rings (SSSR count). The Morgan fingerprint density at radius 1 is 1.43 bits per heavy atom. The highest BCUT2D eigenvalue weighted by Gasteiger charge is 2.08. The molecule has 2 N–H and O–H groups in total. The highest BCUT2D eigenvalue weighted by molar-refractivity contribution is 5.96. The van der Waals surface area contributed by atoms with Crippen molar-refractivity contribution >= 4 is 17.5 Å². The molecule has 21 heavy (non-hydrogen) atoms. The Balaban J connectivity index is 2.02. The molecule has 1 aromatic heterocycles. The first kappa shape index (κ1) is 14.2. The van der Waals surface area contributed by atoms with Gasteiger partial charge in [0.05, 0.1) is 0 Å². The van der Waals surface area contributed by atoms with Gasteiger partial charge in [-0.1, -0.05) is 6.07 Å². The van der Waals surface area contributed by atoms with Crippen molar-refractivity contribution in [2.45, 2.75) is 6.54 Å². The number of anilines is 1. The highest BCUT2D eigenvalue weighted by atomic mass is 16.2. The minimum Gasteiger partial charge on any atom is -0.355 e. The van der Waals surface area contributed by atoms with E-state index in [2.05, 4.69) is 20.7 Å². The number of rotatable bonds is 4. The van der Waals surface area contributed by atoms with Gasteiger partial charge in [0, 0.05) is 18.3 Å². The number of hydrogen-bond donors (Lipinski definition) is 2. The van der Waals surface area contributed by atoms with Gasteiger partial charge in [-0.05, 0) is 18.2 Å². The first-order chi connectivity index (χ1) is 10.1. The van der Waals surface area contributed by atoms with Crippen molar-refractivity contribution in [1.82, 2.24) is 20.1 Å². The van der Waals surface area contributed by atoms with Gasteiger partial charge in [-0.25, -0.2) is 9.67 Å². The molecular formula is C13H12N6O2. The molecular weight excluding hydrogens is 272 g/mol. The quantitative estimate of drug-likeness (QED) is 0.829. The second-order valence-corrected chi connectivity index (χ2v) is 4.09. The molecule has 0 saturated heterocycles. The molecule has 1 aromatic carbocycles. The molecule has 0 saturated carbocycles. The van der Waals surface area contributed by atoms with Crippen LogP contribution in [0.4, 0.5) is 5.69 Å². The van der Waals surface area contributed by atoms with Gasteiger partial charge in [0.1, 0.15) is 18.9 Å². The van der Waals surface area contributed by atoms with Crippen LogP contribution in [0.5, 0.6) is 0 Å². The predicted molar refractivity (Wildman–Crippen MR) is 73.2 cm³/mol. The SMILES string of the molecule is CNC(=O)c1cccc(NC(=O)Cn2cnc(C#N)n2)c1. The summed E-state index contributed by atoms with van der Waals surface area (Å²) in [6, 6.07) is 8.33. The van der Waals surface area contributed by atoms with Crippen LogP contribution >= 0.6 is 0 Å². The third-order valence-corrected chi connectivity index (χ3v) is 2.58. The largest absolute Gasteiger partial charge is 0.355 e. The topological polar surface area (TPSA) is 113 Å². The summed E-state index contributed by atoms with van der Waals surface area (Å²) >= 11 is 0. The standard InChI is InChI=1S/C13H12N6O2/c1-15-13(21)9-3-2-4-10(5-9)17-12(20)7-19-8-16-11(6-14)18-19/h2-5,8H,7H2,1H3,(H,15,21)(H,17,20). The Labute approximate surface area is 120 Å². The number of aromatic nitrogens is 3. The first-order valence-electron chi connectivity index (χ1n) is 6.04. The normalized spacial score (nSPS) is 9.71. The Bertz CT molecular complexity index is 715. The predicted octanol–water partition coefficient (Wildman–Crippen LogP) is 0.148. The summed E-state index contributed by atoms with van der Waals surface area (Å²) < 4.78 is 1.26. The lowest BCUT2D eigenvalue weighted by atomic mass is 10.2. The van der Waals surface area contributed by atoms with Crippen molar-refractivity contribution in [3.63, 3.8) is 0 Å². The molecule has 0 unspecified atom stereocenters. The lowest BCUT2D eigenvalue weighted by Gasteiger charge is -2.06. The van der Waals surface area contributed by atoms with Crippen molar-refractivity contribution < 1.29 is 9.59 Å². The number of nitrogens with zero attached hydrogens (tertiary/aromatic N) is 4. The van der Waals surface area contributed by atoms with E-state index >= 15 is 0 Å². The van der Waals surface area contributed by atoms with E-state index in [1.807, 2.05) is 0 Å². The molecule has 0 fully saturated rings. The van der Waals surface area contributed by atoms with Gasteiger partial charge >= 0.3 is 0 Å². The van der Waals surface area contributed by atoms with Crippen LogP contribution < -0.4 is 10.6 Å². The van der Waals surface area contributed by atoms with Crippen molar-refractivity contribution in [2.24, 2.45) is 0 Å². The van der Waals surface area contributed by atoms with E-state index in [-0.39, 0.29) is 24.2 Å². The van der Waals surface area contributed by atoms with Crippen LogP contribution in [0.3, 0.4) is 0 Å². The Hall–Kier alpha value is -3.21. The van der Waals surface area contributed by atoms with Gasteiger partial charge in [0.15, 0.2) is 0 Å². The Morgan fingerprint density at radius 2 is 2.24 bits per heavy atom. The van der Waals surface area contributed by atoms with Crippen molar-refractivity contribution in [3.05, 3.63) is 42.0 Å². The molecule has 1 heterocycles. The summed E-state index contributed by atoms with van der Waals surface area (Å²) in [7, 11) is 1.53. The van der Waals surface area contributed by atoms with Crippen molar-refractivity contribution in [2.75, 3.05) is 12.4 Å². The van der Waals surface area contributed by atoms with Gasteiger partial charge in [0.25, 0.3) is 11.7 Å². The summed E-state index contributed by atoms with van der Waals surface area (Å²) in [4.78, 5) is 27.0. The maximum atomic E-state index is 11.8. The van der Waals surface area contributed by atoms with E-state index in [4.69, 9.17) is 5.26 Å². The summed E-state index contributed by atoms with van der Waals surface area (Å²) in [5.41, 5.74) is 0.949. The average Bonchev–Trinajstić information content (AvgIpc) is 2.94. The van der Waals surface area contributed by atoms with Crippen molar-refractivity contribution in [1.29, 1.82) is 5.26 Å². The second kappa shape index (κ2) is 6.29. The molecule has 0 aliphatic carbocycles. The summed E-state index contributed by atoms with van der Waals surface area (Å²) in [6.07, 6.45) is 1.30. The number of hydrogen-bond acceptors (Lipinski definition) is 5. The number of nitrogens with one attached hydrogen (secondary N) is 2. The number of carbonyl (C=O) groups is 2. The summed E-state index contributed by atoms with van der Waals surface area (Å²) in [5.74, 6) is -0.566. The maximum Gasteiger partial charge on any atom is 0.252 e. The molecule has 0 aliphatic rings. The number of carbonyl (C=O) groups excluding carboxylic acids is 2. The van der Waals surface area contributed by atoms with Crippen LogP contribution in [0, 0.1) is 11.3 Å². The van der Waals surface area contributed by atoms with E-state index in [1.54, 1.807) is 30.3 Å². The first-order valence-corrected chi connectivity index (χ1v) is 6.04. The third kappa shape index (κ3) is 3.63. The molecule has 0 radical (unpaired) electrons. The smallest absolute Gasteiger partial charge is 0.252 e. The van der Waals surface area contributed by atoms with Crippen LogP contribution in [0.25, 0.3) is 0 Å². The monoisotopic (exact) mass is 284 g/mol. The van der Waals surface area contributed by atoms with Gasteiger partial charge in [-0.3, -0.25) is 9.59 Å². The van der Waals surface area contributed by atoms with Crippen LogP contribution in [-0.4, -0.2) is 33.6 Å².